The van der Waals surface area contributed by atoms with Gasteiger partial charge in [0.1, 0.15) is 24.4 Å². The van der Waals surface area contributed by atoms with Crippen molar-refractivity contribution in [1.82, 2.24) is 0 Å². The average molecular weight is 198 g/mol. The average Bonchev–Trinajstić information content (AvgIpc) is 2.12. The highest BCUT2D eigenvalue weighted by Crippen LogP contribution is 2.06. The molecule has 0 rings (SSSR count). The highest BCUT2D eigenvalue weighted by atomic mass is 16.5. The molecule has 2 unspecified atom stereocenters. The quantitative estimate of drug-likeness (QED) is 0.222. The van der Waals surface area contributed by atoms with Crippen LogP contribution in [0.5, 0.6) is 0 Å². The van der Waals surface area contributed by atoms with E-state index in [0.29, 0.717) is 0 Å². The standard InChI is InChI=1S/C6H14O7/c7-1-2(8)3(9)4(10)5(11)6(12)13/h2-13H,1H2/t2?,3-,4-,5?/m0/s1. The second-order valence-corrected chi connectivity index (χ2v) is 2.64. The number of aliphatic hydroxyl groups is 7. The highest BCUT2D eigenvalue weighted by molar-refractivity contribution is 4.81. The Hall–Kier alpha value is -0.280. The van der Waals surface area contributed by atoms with Gasteiger partial charge < -0.3 is 35.7 Å². The van der Waals surface area contributed by atoms with E-state index in [4.69, 9.17) is 35.7 Å². The largest absolute Gasteiger partial charge is 0.394 e. The van der Waals surface area contributed by atoms with Gasteiger partial charge in [-0.05, 0) is 0 Å². The zero-order valence-electron chi connectivity index (χ0n) is 6.72. The third kappa shape index (κ3) is 3.53. The van der Waals surface area contributed by atoms with Crippen molar-refractivity contribution in [1.29, 1.82) is 0 Å². The number of hydrogen-bond donors (Lipinski definition) is 7. The second-order valence-electron chi connectivity index (χ2n) is 2.64. The van der Waals surface area contributed by atoms with Gasteiger partial charge in [-0.2, -0.15) is 0 Å². The third-order valence-corrected chi connectivity index (χ3v) is 1.59. The summed E-state index contributed by atoms with van der Waals surface area (Å²) in [5.41, 5.74) is 0. The minimum atomic E-state index is -2.23. The maximum absolute atomic E-state index is 8.97. The van der Waals surface area contributed by atoms with Gasteiger partial charge in [0.15, 0.2) is 6.29 Å². The molecule has 0 radical (unpaired) electrons. The molecule has 0 aliphatic rings. The fraction of sp³-hybridized carbons (Fsp3) is 1.00. The van der Waals surface area contributed by atoms with E-state index in [9.17, 15) is 0 Å². The second kappa shape index (κ2) is 5.45. The first-order chi connectivity index (χ1) is 5.91. The van der Waals surface area contributed by atoms with Crippen LogP contribution in [-0.4, -0.2) is 73.1 Å². The molecule has 4 atom stereocenters. The van der Waals surface area contributed by atoms with E-state index in [1.165, 1.54) is 0 Å². The van der Waals surface area contributed by atoms with Gasteiger partial charge in [-0.15, -0.1) is 0 Å². The molecule has 0 fully saturated rings. The van der Waals surface area contributed by atoms with E-state index in [1.807, 2.05) is 0 Å². The van der Waals surface area contributed by atoms with Gasteiger partial charge in [-0.3, -0.25) is 0 Å². The van der Waals surface area contributed by atoms with Crippen LogP contribution in [0.4, 0.5) is 0 Å². The fourth-order valence-corrected chi connectivity index (χ4v) is 0.714. The molecule has 80 valence electrons. The molecular weight excluding hydrogens is 184 g/mol. The van der Waals surface area contributed by atoms with Crippen molar-refractivity contribution in [3.63, 3.8) is 0 Å². The van der Waals surface area contributed by atoms with Gasteiger partial charge in [-0.25, -0.2) is 0 Å². The summed E-state index contributed by atoms with van der Waals surface area (Å²) in [7, 11) is 0. The molecule has 0 aliphatic heterocycles. The van der Waals surface area contributed by atoms with E-state index < -0.39 is 37.3 Å². The van der Waals surface area contributed by atoms with Crippen LogP contribution in [0.2, 0.25) is 0 Å². The molecule has 0 spiro atoms. The first-order valence-electron chi connectivity index (χ1n) is 3.61. The van der Waals surface area contributed by atoms with Crippen molar-refractivity contribution in [2.24, 2.45) is 0 Å². The van der Waals surface area contributed by atoms with Crippen LogP contribution in [0.15, 0.2) is 0 Å². The number of aliphatic hydroxyl groups excluding tert-OH is 6. The Morgan fingerprint density at radius 2 is 1.15 bits per heavy atom. The van der Waals surface area contributed by atoms with Gasteiger partial charge >= 0.3 is 0 Å². The van der Waals surface area contributed by atoms with Crippen LogP contribution >= 0.6 is 0 Å². The fourth-order valence-electron chi connectivity index (χ4n) is 0.714. The Bertz CT molecular complexity index is 139. The molecule has 0 heterocycles. The smallest absolute Gasteiger partial charge is 0.180 e. The van der Waals surface area contributed by atoms with Gasteiger partial charge in [-0.1, -0.05) is 0 Å². The Labute approximate surface area is 74.1 Å². The highest BCUT2D eigenvalue weighted by Gasteiger charge is 2.33. The normalized spacial score (nSPS) is 21.2. The predicted octanol–water partition coefficient (Wildman–Crippen LogP) is -4.27. The monoisotopic (exact) mass is 198 g/mol. The summed E-state index contributed by atoms with van der Waals surface area (Å²) in [5, 5.41) is 60.6. The maximum atomic E-state index is 8.97. The Balaban J connectivity index is 4.15. The summed E-state index contributed by atoms with van der Waals surface area (Å²) in [4.78, 5) is 0. The summed E-state index contributed by atoms with van der Waals surface area (Å²) < 4.78 is 0. The zero-order valence-corrected chi connectivity index (χ0v) is 6.72. The molecule has 0 saturated carbocycles. The van der Waals surface area contributed by atoms with Crippen LogP contribution in [0.1, 0.15) is 0 Å². The topological polar surface area (TPSA) is 142 Å². The molecule has 0 aromatic heterocycles. The summed E-state index contributed by atoms with van der Waals surface area (Å²) in [6.07, 6.45) is -9.67. The Morgan fingerprint density at radius 1 is 0.692 bits per heavy atom. The van der Waals surface area contributed by atoms with Crippen molar-refractivity contribution < 1.29 is 35.7 Å². The molecule has 7 heteroatoms. The molecule has 0 aliphatic carbocycles. The number of hydrogen-bond acceptors (Lipinski definition) is 7. The lowest BCUT2D eigenvalue weighted by Crippen LogP contribution is -2.49. The molecule has 0 aromatic carbocycles. The molecule has 0 amide bonds. The minimum Gasteiger partial charge on any atom is -0.394 e. The predicted molar refractivity (Wildman–Crippen MR) is 39.3 cm³/mol. The lowest BCUT2D eigenvalue weighted by Gasteiger charge is -2.26. The maximum Gasteiger partial charge on any atom is 0.180 e. The third-order valence-electron chi connectivity index (χ3n) is 1.59. The molecular formula is C6H14O7. The van der Waals surface area contributed by atoms with Gasteiger partial charge in [0.05, 0.1) is 6.61 Å². The van der Waals surface area contributed by atoms with Crippen LogP contribution in [-0.2, 0) is 0 Å². The first kappa shape index (κ1) is 12.7. The first-order valence-corrected chi connectivity index (χ1v) is 3.61. The zero-order chi connectivity index (χ0) is 10.6. The molecule has 0 aromatic rings. The van der Waals surface area contributed by atoms with Crippen LogP contribution in [0.3, 0.4) is 0 Å². The van der Waals surface area contributed by atoms with E-state index in [-0.39, 0.29) is 0 Å². The van der Waals surface area contributed by atoms with Crippen molar-refractivity contribution >= 4 is 0 Å². The summed E-state index contributed by atoms with van der Waals surface area (Å²) in [5.74, 6) is 0. The Morgan fingerprint density at radius 3 is 1.46 bits per heavy atom. The lowest BCUT2D eigenvalue weighted by molar-refractivity contribution is -0.190. The van der Waals surface area contributed by atoms with Crippen molar-refractivity contribution in [3.8, 4) is 0 Å². The van der Waals surface area contributed by atoms with E-state index in [2.05, 4.69) is 0 Å². The summed E-state index contributed by atoms with van der Waals surface area (Å²) >= 11 is 0. The molecule has 7 nitrogen and oxygen atoms in total. The minimum absolute atomic E-state index is 0.813. The SMILES string of the molecule is OCC(O)[C@H](O)[C@H](O)C(O)C(O)O. The molecule has 13 heavy (non-hydrogen) atoms. The van der Waals surface area contributed by atoms with Crippen molar-refractivity contribution in [2.45, 2.75) is 30.7 Å². The van der Waals surface area contributed by atoms with Crippen LogP contribution < -0.4 is 0 Å². The van der Waals surface area contributed by atoms with Crippen LogP contribution in [0, 0.1) is 0 Å². The van der Waals surface area contributed by atoms with E-state index in [1.54, 1.807) is 0 Å². The van der Waals surface area contributed by atoms with Gasteiger partial charge in [0, 0.05) is 0 Å². The lowest BCUT2D eigenvalue weighted by atomic mass is 10.0. The van der Waals surface area contributed by atoms with Gasteiger partial charge in [0.2, 0.25) is 0 Å². The van der Waals surface area contributed by atoms with E-state index in [0.717, 1.165) is 0 Å². The van der Waals surface area contributed by atoms with Crippen molar-refractivity contribution in [3.05, 3.63) is 0 Å². The molecule has 0 saturated heterocycles. The molecule has 0 bridgehead atoms. The van der Waals surface area contributed by atoms with Crippen molar-refractivity contribution in [2.75, 3.05) is 6.61 Å². The Kier molecular flexibility index (Phi) is 5.33. The summed E-state index contributed by atoms with van der Waals surface area (Å²) in [6.45, 7) is -0.813. The number of rotatable bonds is 5. The molecule has 7 N–H and O–H groups in total. The summed E-state index contributed by atoms with van der Waals surface area (Å²) in [6, 6.07) is 0. The van der Waals surface area contributed by atoms with Gasteiger partial charge in [0.25, 0.3) is 0 Å². The van der Waals surface area contributed by atoms with E-state index >= 15 is 0 Å². The van der Waals surface area contributed by atoms with Crippen LogP contribution in [0.25, 0.3) is 0 Å².